The van der Waals surface area contributed by atoms with Gasteiger partial charge in [-0.1, -0.05) is 19.9 Å². The first kappa shape index (κ1) is 14.2. The van der Waals surface area contributed by atoms with Gasteiger partial charge in [-0.2, -0.15) is 0 Å². The Kier molecular flexibility index (Phi) is 3.76. The summed E-state index contributed by atoms with van der Waals surface area (Å²) in [4.78, 5) is 13.9. The molecular weight excluding hydrogens is 270 g/mol. The van der Waals surface area contributed by atoms with Gasteiger partial charge in [0.1, 0.15) is 6.04 Å². The van der Waals surface area contributed by atoms with Crippen LogP contribution in [0.5, 0.6) is 11.5 Å². The molecule has 3 atom stereocenters. The highest BCUT2D eigenvalue weighted by molar-refractivity contribution is 5.76. The summed E-state index contributed by atoms with van der Waals surface area (Å²) in [7, 11) is 0. The van der Waals surface area contributed by atoms with Crippen LogP contribution in [0.1, 0.15) is 31.9 Å². The molecule has 5 nitrogen and oxygen atoms in total. The number of piperidine rings is 1. The van der Waals surface area contributed by atoms with Crippen LogP contribution in [-0.2, 0) is 4.79 Å². The van der Waals surface area contributed by atoms with E-state index in [1.165, 1.54) is 0 Å². The first-order valence-electron chi connectivity index (χ1n) is 7.41. The van der Waals surface area contributed by atoms with Gasteiger partial charge in [0.2, 0.25) is 6.79 Å². The summed E-state index contributed by atoms with van der Waals surface area (Å²) in [5.74, 6) is 1.55. The Morgan fingerprint density at radius 2 is 1.90 bits per heavy atom. The van der Waals surface area contributed by atoms with Crippen molar-refractivity contribution in [2.24, 2.45) is 11.8 Å². The minimum Gasteiger partial charge on any atom is -0.480 e. The van der Waals surface area contributed by atoms with Crippen molar-refractivity contribution in [1.29, 1.82) is 0 Å². The SMILES string of the molecule is CC1CC(C)CN(C(C(=O)O)c2ccc3c(c2)OCO3)C1. The number of hydrogen-bond acceptors (Lipinski definition) is 4. The number of carboxylic acid groups (broad SMARTS) is 1. The molecule has 0 bridgehead atoms. The largest absolute Gasteiger partial charge is 0.480 e. The monoisotopic (exact) mass is 291 g/mol. The zero-order valence-corrected chi connectivity index (χ0v) is 12.4. The molecule has 1 aromatic rings. The zero-order valence-electron chi connectivity index (χ0n) is 12.4. The number of carboxylic acids is 1. The molecule has 0 aromatic heterocycles. The number of likely N-dealkylation sites (tertiary alicyclic amines) is 1. The first-order chi connectivity index (χ1) is 10.0. The van der Waals surface area contributed by atoms with E-state index in [1.54, 1.807) is 12.1 Å². The lowest BCUT2D eigenvalue weighted by Crippen LogP contribution is -2.43. The van der Waals surface area contributed by atoms with Crippen molar-refractivity contribution in [3.8, 4) is 11.5 Å². The van der Waals surface area contributed by atoms with Crippen LogP contribution in [0.4, 0.5) is 0 Å². The van der Waals surface area contributed by atoms with Gasteiger partial charge in [-0.05, 0) is 36.0 Å². The smallest absolute Gasteiger partial charge is 0.325 e. The van der Waals surface area contributed by atoms with Gasteiger partial charge in [0.25, 0.3) is 0 Å². The predicted molar refractivity (Wildman–Crippen MR) is 77.5 cm³/mol. The molecule has 114 valence electrons. The normalized spacial score (nSPS) is 26.6. The quantitative estimate of drug-likeness (QED) is 0.927. The topological polar surface area (TPSA) is 59.0 Å². The highest BCUT2D eigenvalue weighted by atomic mass is 16.7. The third-order valence-corrected chi connectivity index (χ3v) is 4.21. The first-order valence-corrected chi connectivity index (χ1v) is 7.41. The Morgan fingerprint density at radius 3 is 2.57 bits per heavy atom. The molecule has 1 aromatic carbocycles. The number of rotatable bonds is 3. The molecule has 2 aliphatic rings. The maximum absolute atomic E-state index is 11.8. The Hall–Kier alpha value is -1.75. The highest BCUT2D eigenvalue weighted by Crippen LogP contribution is 2.37. The summed E-state index contributed by atoms with van der Waals surface area (Å²) in [6.45, 7) is 6.20. The summed E-state index contributed by atoms with van der Waals surface area (Å²) in [6.07, 6.45) is 1.16. The zero-order chi connectivity index (χ0) is 15.0. The third kappa shape index (κ3) is 2.83. The second kappa shape index (κ2) is 5.56. The summed E-state index contributed by atoms with van der Waals surface area (Å²) >= 11 is 0. The van der Waals surface area contributed by atoms with Crippen molar-refractivity contribution >= 4 is 5.97 Å². The molecule has 3 rings (SSSR count). The van der Waals surface area contributed by atoms with E-state index in [-0.39, 0.29) is 6.79 Å². The van der Waals surface area contributed by atoms with Gasteiger partial charge in [-0.15, -0.1) is 0 Å². The average Bonchev–Trinajstić information content (AvgIpc) is 2.84. The van der Waals surface area contributed by atoms with Gasteiger partial charge < -0.3 is 14.6 Å². The van der Waals surface area contributed by atoms with Gasteiger partial charge in [-0.25, -0.2) is 0 Å². The number of fused-ring (bicyclic) bond motifs is 1. The maximum atomic E-state index is 11.8. The van der Waals surface area contributed by atoms with Crippen LogP contribution in [0, 0.1) is 11.8 Å². The van der Waals surface area contributed by atoms with Crippen molar-refractivity contribution in [2.75, 3.05) is 19.9 Å². The maximum Gasteiger partial charge on any atom is 0.325 e. The van der Waals surface area contributed by atoms with Gasteiger partial charge in [0.15, 0.2) is 11.5 Å². The fourth-order valence-corrected chi connectivity index (χ4v) is 3.51. The lowest BCUT2D eigenvalue weighted by molar-refractivity contribution is -0.144. The van der Waals surface area contributed by atoms with Crippen LogP contribution < -0.4 is 9.47 Å². The Labute approximate surface area is 124 Å². The molecule has 0 saturated carbocycles. The molecular formula is C16H21NO4. The van der Waals surface area contributed by atoms with Crippen LogP contribution in [0.15, 0.2) is 18.2 Å². The molecule has 2 aliphatic heterocycles. The van der Waals surface area contributed by atoms with Crippen LogP contribution in [-0.4, -0.2) is 35.9 Å². The number of benzene rings is 1. The number of hydrogen-bond donors (Lipinski definition) is 1. The lowest BCUT2D eigenvalue weighted by Gasteiger charge is -2.38. The van der Waals surface area contributed by atoms with E-state index < -0.39 is 12.0 Å². The Morgan fingerprint density at radius 1 is 1.24 bits per heavy atom. The van der Waals surface area contributed by atoms with Crippen molar-refractivity contribution in [3.63, 3.8) is 0 Å². The van der Waals surface area contributed by atoms with E-state index in [1.807, 2.05) is 6.07 Å². The molecule has 2 heterocycles. The average molecular weight is 291 g/mol. The molecule has 0 radical (unpaired) electrons. The summed E-state index contributed by atoms with van der Waals surface area (Å²) in [6, 6.07) is 4.80. The summed E-state index contributed by atoms with van der Waals surface area (Å²) < 4.78 is 10.7. The van der Waals surface area contributed by atoms with Crippen LogP contribution >= 0.6 is 0 Å². The lowest BCUT2D eigenvalue weighted by atomic mass is 9.89. The molecule has 1 fully saturated rings. The van der Waals surface area contributed by atoms with E-state index in [4.69, 9.17) is 9.47 Å². The Bertz CT molecular complexity index is 535. The second-order valence-electron chi connectivity index (χ2n) is 6.25. The minimum absolute atomic E-state index is 0.203. The van der Waals surface area contributed by atoms with Gasteiger partial charge in [0, 0.05) is 13.1 Å². The molecule has 5 heteroatoms. The summed E-state index contributed by atoms with van der Waals surface area (Å²) in [5.41, 5.74) is 0.757. The minimum atomic E-state index is -0.810. The van der Waals surface area contributed by atoms with Crippen molar-refractivity contribution in [1.82, 2.24) is 4.90 Å². The molecule has 0 aliphatic carbocycles. The van der Waals surface area contributed by atoms with E-state index in [2.05, 4.69) is 18.7 Å². The number of aliphatic carboxylic acids is 1. The van der Waals surface area contributed by atoms with E-state index in [0.717, 1.165) is 25.1 Å². The molecule has 0 amide bonds. The van der Waals surface area contributed by atoms with Crippen LogP contribution in [0.3, 0.4) is 0 Å². The number of nitrogens with zero attached hydrogens (tertiary/aromatic N) is 1. The fraction of sp³-hybridized carbons (Fsp3) is 0.562. The van der Waals surface area contributed by atoms with Gasteiger partial charge in [0.05, 0.1) is 0 Å². The fourth-order valence-electron chi connectivity index (χ4n) is 3.51. The standard InChI is InChI=1S/C16H21NO4/c1-10-5-11(2)8-17(7-10)15(16(18)19)12-3-4-13-14(6-12)21-9-20-13/h3-4,6,10-11,15H,5,7-9H2,1-2H3,(H,18,19). The predicted octanol–water partition coefficient (Wildman–Crippen LogP) is 2.52. The molecule has 1 saturated heterocycles. The van der Waals surface area contributed by atoms with Crippen molar-refractivity contribution < 1.29 is 19.4 Å². The third-order valence-electron chi connectivity index (χ3n) is 4.21. The molecule has 1 N–H and O–H groups in total. The molecule has 0 spiro atoms. The van der Waals surface area contributed by atoms with Crippen LogP contribution in [0.25, 0.3) is 0 Å². The van der Waals surface area contributed by atoms with Gasteiger partial charge in [-0.3, -0.25) is 9.69 Å². The van der Waals surface area contributed by atoms with Crippen molar-refractivity contribution in [2.45, 2.75) is 26.3 Å². The van der Waals surface area contributed by atoms with Crippen LogP contribution in [0.2, 0.25) is 0 Å². The highest BCUT2D eigenvalue weighted by Gasteiger charge is 2.33. The second-order valence-corrected chi connectivity index (χ2v) is 6.25. The molecule has 3 unspecified atom stereocenters. The van der Waals surface area contributed by atoms with E-state index >= 15 is 0 Å². The summed E-state index contributed by atoms with van der Waals surface area (Å²) in [5, 5.41) is 9.69. The van der Waals surface area contributed by atoms with Gasteiger partial charge >= 0.3 is 5.97 Å². The van der Waals surface area contributed by atoms with Crippen molar-refractivity contribution in [3.05, 3.63) is 23.8 Å². The van der Waals surface area contributed by atoms with E-state index in [0.29, 0.717) is 23.3 Å². The Balaban J connectivity index is 1.89. The number of ether oxygens (including phenoxy) is 2. The number of carbonyl (C=O) groups is 1. The molecule has 21 heavy (non-hydrogen) atoms. The van der Waals surface area contributed by atoms with E-state index in [9.17, 15) is 9.90 Å².